The van der Waals surface area contributed by atoms with Crippen molar-refractivity contribution >= 4 is 45.4 Å². The lowest BCUT2D eigenvalue weighted by atomic mass is 10.2. The van der Waals surface area contributed by atoms with Crippen LogP contribution < -0.4 is 9.80 Å². The van der Waals surface area contributed by atoms with Crippen molar-refractivity contribution in [3.8, 4) is 0 Å². The van der Waals surface area contributed by atoms with Crippen LogP contribution in [0.3, 0.4) is 0 Å². The Morgan fingerprint density at radius 3 is 2.58 bits per heavy atom. The molecule has 1 fully saturated rings. The Morgan fingerprint density at radius 2 is 1.83 bits per heavy atom. The molecule has 0 unspecified atom stereocenters. The molecule has 0 amide bonds. The molecule has 0 radical (unpaired) electrons. The lowest BCUT2D eigenvalue weighted by Crippen LogP contribution is -3.13. The van der Waals surface area contributed by atoms with Gasteiger partial charge in [0.05, 0.1) is 43.5 Å². The van der Waals surface area contributed by atoms with Crippen LogP contribution in [0.4, 0.5) is 5.69 Å². The fourth-order valence-electron chi connectivity index (χ4n) is 3.34. The molecule has 124 valence electrons. The van der Waals surface area contributed by atoms with E-state index in [0.717, 1.165) is 41.4 Å². The summed E-state index contributed by atoms with van der Waals surface area (Å²) in [7, 11) is 0. The summed E-state index contributed by atoms with van der Waals surface area (Å²) in [5.74, 6) is 0. The van der Waals surface area contributed by atoms with E-state index < -0.39 is 0 Å². The van der Waals surface area contributed by atoms with Crippen LogP contribution in [0.15, 0.2) is 48.7 Å². The van der Waals surface area contributed by atoms with E-state index in [1.54, 1.807) is 4.90 Å². The standard InChI is InChI=1S/C18H18ClIN4/c19-15-4-6-16(7-5-15)23-10-8-22(9-11-23)13-14-12-21-24-17(14)2-1-3-18(24)20/h1-7,12H,8-11,13H2/p+1. The molecule has 4 nitrogen and oxygen atoms in total. The summed E-state index contributed by atoms with van der Waals surface area (Å²) in [4.78, 5) is 4.06. The van der Waals surface area contributed by atoms with Gasteiger partial charge in [-0.15, -0.1) is 0 Å². The maximum absolute atomic E-state index is 5.98. The van der Waals surface area contributed by atoms with Gasteiger partial charge in [-0.25, -0.2) is 4.52 Å². The normalized spacial score (nSPS) is 16.0. The van der Waals surface area contributed by atoms with Crippen molar-refractivity contribution in [2.24, 2.45) is 0 Å². The third-order valence-electron chi connectivity index (χ3n) is 4.68. The molecule has 1 aromatic carbocycles. The number of hydrogen-bond donors (Lipinski definition) is 1. The molecule has 1 N–H and O–H groups in total. The summed E-state index contributed by atoms with van der Waals surface area (Å²) in [6, 6.07) is 14.5. The smallest absolute Gasteiger partial charge is 0.107 e. The van der Waals surface area contributed by atoms with Crippen molar-refractivity contribution in [1.82, 2.24) is 9.61 Å². The number of rotatable bonds is 3. The van der Waals surface area contributed by atoms with Gasteiger partial charge < -0.3 is 9.80 Å². The van der Waals surface area contributed by atoms with Gasteiger partial charge in [0.15, 0.2) is 0 Å². The van der Waals surface area contributed by atoms with Crippen molar-refractivity contribution < 1.29 is 4.90 Å². The Bertz CT molecular complexity index is 838. The van der Waals surface area contributed by atoms with Gasteiger partial charge in [-0.3, -0.25) is 0 Å². The molecule has 4 rings (SSSR count). The van der Waals surface area contributed by atoms with Crippen LogP contribution in [-0.4, -0.2) is 35.8 Å². The number of nitrogens with zero attached hydrogens (tertiary/aromatic N) is 3. The molecule has 0 aliphatic carbocycles. The molecule has 1 aliphatic heterocycles. The molecule has 1 saturated heterocycles. The van der Waals surface area contributed by atoms with E-state index in [1.807, 2.05) is 22.8 Å². The average molecular weight is 454 g/mol. The number of halogens is 2. The van der Waals surface area contributed by atoms with E-state index in [-0.39, 0.29) is 0 Å². The molecule has 3 heterocycles. The zero-order valence-electron chi connectivity index (χ0n) is 13.3. The molecular formula is C18H19ClIN4+. The molecule has 3 aromatic rings. The number of piperazine rings is 1. The summed E-state index contributed by atoms with van der Waals surface area (Å²) < 4.78 is 3.18. The van der Waals surface area contributed by atoms with Gasteiger partial charge in [-0.05, 0) is 59.0 Å². The van der Waals surface area contributed by atoms with Gasteiger partial charge in [-0.2, -0.15) is 5.10 Å². The van der Waals surface area contributed by atoms with Crippen molar-refractivity contribution in [3.63, 3.8) is 0 Å². The van der Waals surface area contributed by atoms with Gasteiger partial charge in [-0.1, -0.05) is 17.7 Å². The Morgan fingerprint density at radius 1 is 1.08 bits per heavy atom. The van der Waals surface area contributed by atoms with E-state index in [1.165, 1.54) is 16.8 Å². The largest absolute Gasteiger partial charge is 0.360 e. The number of benzene rings is 1. The number of anilines is 1. The molecule has 0 atom stereocenters. The number of nitrogens with one attached hydrogen (secondary N) is 1. The molecule has 0 spiro atoms. The van der Waals surface area contributed by atoms with Crippen LogP contribution in [-0.2, 0) is 6.54 Å². The fourth-order valence-corrected chi connectivity index (χ4v) is 4.06. The second-order valence-electron chi connectivity index (χ2n) is 6.21. The van der Waals surface area contributed by atoms with Gasteiger partial charge in [0.25, 0.3) is 0 Å². The summed E-state index contributed by atoms with van der Waals surface area (Å²) in [6.45, 7) is 5.48. The Kier molecular flexibility index (Phi) is 4.65. The highest BCUT2D eigenvalue weighted by molar-refractivity contribution is 14.1. The topological polar surface area (TPSA) is 25.0 Å². The number of hydrogen-bond acceptors (Lipinski definition) is 2. The van der Waals surface area contributed by atoms with Gasteiger partial charge in [0.2, 0.25) is 0 Å². The van der Waals surface area contributed by atoms with E-state index in [9.17, 15) is 0 Å². The fraction of sp³-hybridized carbons (Fsp3) is 0.278. The maximum atomic E-state index is 5.98. The van der Waals surface area contributed by atoms with E-state index in [4.69, 9.17) is 11.6 Å². The van der Waals surface area contributed by atoms with Gasteiger partial charge >= 0.3 is 0 Å². The molecule has 6 heteroatoms. The highest BCUT2D eigenvalue weighted by atomic mass is 127. The number of fused-ring (bicyclic) bond motifs is 1. The van der Waals surface area contributed by atoms with E-state index >= 15 is 0 Å². The first-order valence-corrected chi connectivity index (χ1v) is 9.61. The SMILES string of the molecule is Clc1ccc(N2CC[NH+](Cc3cnn4c(I)cccc34)CC2)cc1. The number of aromatic nitrogens is 2. The van der Waals surface area contributed by atoms with Crippen molar-refractivity contribution in [1.29, 1.82) is 0 Å². The van der Waals surface area contributed by atoms with E-state index in [0.29, 0.717) is 0 Å². The predicted octanol–water partition coefficient (Wildman–Crippen LogP) is 2.50. The highest BCUT2D eigenvalue weighted by Gasteiger charge is 2.21. The minimum atomic E-state index is 0.797. The molecule has 2 aromatic heterocycles. The molecule has 1 aliphatic rings. The summed E-state index contributed by atoms with van der Waals surface area (Å²) in [5.41, 5.74) is 3.84. The van der Waals surface area contributed by atoms with Crippen molar-refractivity contribution in [2.45, 2.75) is 6.54 Å². The second-order valence-corrected chi connectivity index (χ2v) is 7.75. The highest BCUT2D eigenvalue weighted by Crippen LogP contribution is 2.18. The zero-order chi connectivity index (χ0) is 16.5. The van der Waals surface area contributed by atoms with Crippen LogP contribution in [0.2, 0.25) is 5.02 Å². The zero-order valence-corrected chi connectivity index (χ0v) is 16.2. The van der Waals surface area contributed by atoms with Crippen LogP contribution >= 0.6 is 34.2 Å². The predicted molar refractivity (Wildman–Crippen MR) is 106 cm³/mol. The van der Waals surface area contributed by atoms with E-state index in [2.05, 4.69) is 62.9 Å². The van der Waals surface area contributed by atoms with Crippen molar-refractivity contribution in [2.75, 3.05) is 31.1 Å². The summed E-state index contributed by atoms with van der Waals surface area (Å²) >= 11 is 8.31. The maximum Gasteiger partial charge on any atom is 0.107 e. The summed E-state index contributed by atoms with van der Waals surface area (Å²) in [5, 5.41) is 5.32. The van der Waals surface area contributed by atoms with Gasteiger partial charge in [0.1, 0.15) is 10.2 Å². The van der Waals surface area contributed by atoms with Crippen molar-refractivity contribution in [3.05, 3.63) is 62.9 Å². The Hall–Kier alpha value is -1.31. The Labute approximate surface area is 160 Å². The summed E-state index contributed by atoms with van der Waals surface area (Å²) in [6.07, 6.45) is 2.02. The van der Waals surface area contributed by atoms with Gasteiger partial charge in [0, 0.05) is 10.7 Å². The second kappa shape index (κ2) is 6.90. The first-order valence-electron chi connectivity index (χ1n) is 8.16. The first kappa shape index (κ1) is 16.2. The first-order chi connectivity index (χ1) is 11.7. The van der Waals surface area contributed by atoms with Crippen LogP contribution in [0.5, 0.6) is 0 Å². The van der Waals surface area contributed by atoms with Crippen LogP contribution in [0, 0.1) is 3.70 Å². The Balaban J connectivity index is 1.42. The lowest BCUT2D eigenvalue weighted by Gasteiger charge is -2.33. The van der Waals surface area contributed by atoms with Crippen LogP contribution in [0.25, 0.3) is 5.52 Å². The average Bonchev–Trinajstić information content (AvgIpc) is 3.01. The quantitative estimate of drug-likeness (QED) is 0.487. The third kappa shape index (κ3) is 3.25. The molecular weight excluding hydrogens is 435 g/mol. The minimum absolute atomic E-state index is 0.797. The van der Waals surface area contributed by atoms with Crippen LogP contribution in [0.1, 0.15) is 5.56 Å². The minimum Gasteiger partial charge on any atom is -0.360 e. The number of quaternary nitrogens is 1. The monoisotopic (exact) mass is 453 g/mol. The molecule has 24 heavy (non-hydrogen) atoms. The number of pyridine rings is 1. The molecule has 0 saturated carbocycles. The molecule has 0 bridgehead atoms. The lowest BCUT2D eigenvalue weighted by molar-refractivity contribution is -0.914. The third-order valence-corrected chi connectivity index (χ3v) is 5.75.